The second-order valence-corrected chi connectivity index (χ2v) is 5.84. The Morgan fingerprint density at radius 1 is 1.43 bits per heavy atom. The van der Waals surface area contributed by atoms with Gasteiger partial charge in [0.25, 0.3) is 0 Å². The molecule has 114 valence electrons. The molecule has 0 saturated carbocycles. The standard InChI is InChI=1S/C16H22N2O3/c1-5-6-14-17-12-9-11(15(19)20)7-8-13(12)18(14)10-16(2,3)21-4/h7-9H,5-6,10H2,1-4H3,(H,19,20). The summed E-state index contributed by atoms with van der Waals surface area (Å²) in [5, 5.41) is 9.09. The third-order valence-corrected chi connectivity index (χ3v) is 3.64. The maximum absolute atomic E-state index is 11.1. The summed E-state index contributed by atoms with van der Waals surface area (Å²) in [6, 6.07) is 5.09. The molecule has 0 spiro atoms. The molecule has 0 aliphatic rings. The number of rotatable bonds is 6. The van der Waals surface area contributed by atoms with E-state index in [1.54, 1.807) is 19.2 Å². The van der Waals surface area contributed by atoms with E-state index in [0.29, 0.717) is 6.54 Å². The van der Waals surface area contributed by atoms with Crippen LogP contribution < -0.4 is 0 Å². The molecule has 1 aromatic carbocycles. The molecule has 0 amide bonds. The average molecular weight is 290 g/mol. The van der Waals surface area contributed by atoms with Gasteiger partial charge in [-0.3, -0.25) is 0 Å². The number of hydrogen-bond donors (Lipinski definition) is 1. The van der Waals surface area contributed by atoms with Crippen LogP contribution in [0.3, 0.4) is 0 Å². The molecule has 0 saturated heterocycles. The van der Waals surface area contributed by atoms with E-state index in [4.69, 9.17) is 9.84 Å². The van der Waals surface area contributed by atoms with Gasteiger partial charge >= 0.3 is 5.97 Å². The van der Waals surface area contributed by atoms with Gasteiger partial charge in [0.05, 0.1) is 28.7 Å². The maximum atomic E-state index is 11.1. The number of carboxylic acid groups (broad SMARTS) is 1. The van der Waals surface area contributed by atoms with Crippen molar-refractivity contribution in [3.63, 3.8) is 0 Å². The molecule has 2 aromatic rings. The Kier molecular flexibility index (Phi) is 4.32. The zero-order valence-electron chi connectivity index (χ0n) is 13.0. The molecule has 0 aliphatic heterocycles. The van der Waals surface area contributed by atoms with Crippen molar-refractivity contribution >= 4 is 17.0 Å². The summed E-state index contributed by atoms with van der Waals surface area (Å²) in [5.74, 6) is 0.0425. The van der Waals surface area contributed by atoms with Gasteiger partial charge in [-0.1, -0.05) is 6.92 Å². The zero-order chi connectivity index (χ0) is 15.6. The Labute approximate surface area is 124 Å². The highest BCUT2D eigenvalue weighted by molar-refractivity contribution is 5.92. The van der Waals surface area contributed by atoms with Crippen LogP contribution in [0.15, 0.2) is 18.2 Å². The van der Waals surface area contributed by atoms with Crippen molar-refractivity contribution in [3.05, 3.63) is 29.6 Å². The van der Waals surface area contributed by atoms with Gasteiger partial charge in [-0.25, -0.2) is 9.78 Å². The molecule has 0 aliphatic carbocycles. The van der Waals surface area contributed by atoms with Crippen LogP contribution in [0, 0.1) is 0 Å². The van der Waals surface area contributed by atoms with Crippen LogP contribution in [-0.4, -0.2) is 33.3 Å². The summed E-state index contributed by atoms with van der Waals surface area (Å²) in [7, 11) is 1.70. The minimum atomic E-state index is -0.930. The molecule has 2 rings (SSSR count). The normalized spacial score (nSPS) is 12.0. The monoisotopic (exact) mass is 290 g/mol. The summed E-state index contributed by atoms with van der Waals surface area (Å²) in [6.07, 6.45) is 1.85. The second-order valence-electron chi connectivity index (χ2n) is 5.84. The number of carboxylic acids is 1. The van der Waals surface area contributed by atoms with Crippen molar-refractivity contribution in [1.82, 2.24) is 9.55 Å². The molecule has 0 unspecified atom stereocenters. The van der Waals surface area contributed by atoms with Crippen LogP contribution in [0.4, 0.5) is 0 Å². The number of nitrogens with zero attached hydrogens (tertiary/aromatic N) is 2. The minimum Gasteiger partial charge on any atom is -0.478 e. The van der Waals surface area contributed by atoms with E-state index < -0.39 is 5.97 Å². The quantitative estimate of drug-likeness (QED) is 0.887. The van der Waals surface area contributed by atoms with Crippen molar-refractivity contribution < 1.29 is 14.6 Å². The number of aromatic nitrogens is 2. The fourth-order valence-electron chi connectivity index (χ4n) is 2.35. The van der Waals surface area contributed by atoms with E-state index in [9.17, 15) is 4.79 Å². The van der Waals surface area contributed by atoms with Crippen LogP contribution in [0.2, 0.25) is 0 Å². The van der Waals surface area contributed by atoms with Crippen LogP contribution in [0.5, 0.6) is 0 Å². The number of carbonyl (C=O) groups is 1. The lowest BCUT2D eigenvalue weighted by Crippen LogP contribution is -2.29. The molecule has 1 heterocycles. The molecule has 1 aromatic heterocycles. The number of imidazole rings is 1. The molecular weight excluding hydrogens is 268 g/mol. The molecular formula is C16H22N2O3. The number of aromatic carboxylic acids is 1. The van der Waals surface area contributed by atoms with Gasteiger partial charge in [0.2, 0.25) is 0 Å². The van der Waals surface area contributed by atoms with Gasteiger partial charge < -0.3 is 14.4 Å². The van der Waals surface area contributed by atoms with E-state index in [1.165, 1.54) is 0 Å². The smallest absolute Gasteiger partial charge is 0.335 e. The van der Waals surface area contributed by atoms with Gasteiger partial charge in [0.15, 0.2) is 0 Å². The van der Waals surface area contributed by atoms with Crippen molar-refractivity contribution in [2.24, 2.45) is 0 Å². The number of aryl methyl sites for hydroxylation is 1. The third kappa shape index (κ3) is 3.24. The lowest BCUT2D eigenvalue weighted by molar-refractivity contribution is 0.00841. The summed E-state index contributed by atoms with van der Waals surface area (Å²) in [6.45, 7) is 6.84. The van der Waals surface area contributed by atoms with Crippen LogP contribution in [-0.2, 0) is 17.7 Å². The van der Waals surface area contributed by atoms with E-state index in [-0.39, 0.29) is 11.2 Å². The zero-order valence-corrected chi connectivity index (χ0v) is 13.0. The van der Waals surface area contributed by atoms with E-state index in [2.05, 4.69) is 16.5 Å². The van der Waals surface area contributed by atoms with Crippen molar-refractivity contribution in [2.45, 2.75) is 45.8 Å². The number of ether oxygens (including phenoxy) is 1. The van der Waals surface area contributed by atoms with Gasteiger partial charge in [-0.15, -0.1) is 0 Å². The lowest BCUT2D eigenvalue weighted by Gasteiger charge is -2.25. The number of methoxy groups -OCH3 is 1. The molecule has 21 heavy (non-hydrogen) atoms. The molecule has 5 nitrogen and oxygen atoms in total. The van der Waals surface area contributed by atoms with Gasteiger partial charge in [0.1, 0.15) is 5.82 Å². The molecule has 0 radical (unpaired) electrons. The Balaban J connectivity index is 2.55. The summed E-state index contributed by atoms with van der Waals surface area (Å²) < 4.78 is 7.65. The first kappa shape index (κ1) is 15.5. The summed E-state index contributed by atoms with van der Waals surface area (Å²) >= 11 is 0. The number of benzene rings is 1. The lowest BCUT2D eigenvalue weighted by atomic mass is 10.1. The van der Waals surface area contributed by atoms with E-state index in [1.807, 2.05) is 19.9 Å². The highest BCUT2D eigenvalue weighted by atomic mass is 16.5. The highest BCUT2D eigenvalue weighted by Crippen LogP contribution is 2.22. The SMILES string of the molecule is CCCc1nc2cc(C(=O)O)ccc2n1CC(C)(C)OC. The third-order valence-electron chi connectivity index (χ3n) is 3.64. The molecule has 1 N–H and O–H groups in total. The van der Waals surface area contributed by atoms with Gasteiger partial charge in [0, 0.05) is 13.5 Å². The number of hydrogen-bond acceptors (Lipinski definition) is 3. The first-order valence-electron chi connectivity index (χ1n) is 7.15. The summed E-state index contributed by atoms with van der Waals surface area (Å²) in [5.41, 5.74) is 1.64. The van der Waals surface area contributed by atoms with Crippen LogP contribution >= 0.6 is 0 Å². The Morgan fingerprint density at radius 2 is 2.14 bits per heavy atom. The Hall–Kier alpha value is -1.88. The Morgan fingerprint density at radius 3 is 2.71 bits per heavy atom. The van der Waals surface area contributed by atoms with Crippen LogP contribution in [0.25, 0.3) is 11.0 Å². The molecule has 0 bridgehead atoms. The minimum absolute atomic E-state index is 0.265. The fourth-order valence-corrected chi connectivity index (χ4v) is 2.35. The first-order chi connectivity index (χ1) is 9.88. The van der Waals surface area contributed by atoms with Crippen molar-refractivity contribution in [3.8, 4) is 0 Å². The summed E-state index contributed by atoms with van der Waals surface area (Å²) in [4.78, 5) is 15.7. The second kappa shape index (κ2) is 5.85. The average Bonchev–Trinajstić information content (AvgIpc) is 2.76. The predicted molar refractivity (Wildman–Crippen MR) is 81.8 cm³/mol. The fraction of sp³-hybridized carbons (Fsp3) is 0.500. The highest BCUT2D eigenvalue weighted by Gasteiger charge is 2.21. The van der Waals surface area contributed by atoms with Gasteiger partial charge in [-0.2, -0.15) is 0 Å². The predicted octanol–water partition coefficient (Wildman–Crippen LogP) is 3.11. The van der Waals surface area contributed by atoms with Crippen molar-refractivity contribution in [1.29, 1.82) is 0 Å². The van der Waals surface area contributed by atoms with Gasteiger partial charge in [-0.05, 0) is 38.5 Å². The maximum Gasteiger partial charge on any atom is 0.335 e. The largest absolute Gasteiger partial charge is 0.478 e. The molecule has 0 fully saturated rings. The Bertz CT molecular complexity index is 659. The first-order valence-corrected chi connectivity index (χ1v) is 7.15. The van der Waals surface area contributed by atoms with E-state index >= 15 is 0 Å². The topological polar surface area (TPSA) is 64.3 Å². The molecule has 0 atom stereocenters. The van der Waals surface area contributed by atoms with Crippen LogP contribution in [0.1, 0.15) is 43.4 Å². The number of fused-ring (bicyclic) bond motifs is 1. The van der Waals surface area contributed by atoms with Crippen molar-refractivity contribution in [2.75, 3.05) is 7.11 Å². The van der Waals surface area contributed by atoms with E-state index in [0.717, 1.165) is 29.7 Å². The molecule has 5 heteroatoms.